The van der Waals surface area contributed by atoms with Crippen molar-refractivity contribution < 1.29 is 9.90 Å². The highest BCUT2D eigenvalue weighted by molar-refractivity contribution is 5.88. The van der Waals surface area contributed by atoms with Crippen LogP contribution in [-0.2, 0) is 13.0 Å². The quantitative estimate of drug-likeness (QED) is 0.766. The molecule has 0 spiro atoms. The van der Waals surface area contributed by atoms with Crippen LogP contribution in [0.5, 0.6) is 0 Å². The summed E-state index contributed by atoms with van der Waals surface area (Å²) in [5.41, 5.74) is 2.00. The third-order valence-corrected chi connectivity index (χ3v) is 3.31. The van der Waals surface area contributed by atoms with E-state index >= 15 is 0 Å². The molecule has 0 aliphatic carbocycles. The van der Waals surface area contributed by atoms with Crippen LogP contribution in [-0.4, -0.2) is 27.5 Å². The number of nitrogens with zero attached hydrogens (tertiary/aromatic N) is 2. The summed E-state index contributed by atoms with van der Waals surface area (Å²) in [5.74, 6) is 0.680. The van der Waals surface area contributed by atoms with Gasteiger partial charge in [-0.2, -0.15) is 5.10 Å². The summed E-state index contributed by atoms with van der Waals surface area (Å²) in [4.78, 5) is 11.9. The molecule has 0 saturated carbocycles. The van der Waals surface area contributed by atoms with Gasteiger partial charge in [-0.3, -0.25) is 5.32 Å². The fourth-order valence-corrected chi connectivity index (χ4v) is 2.12. The monoisotopic (exact) mass is 302 g/mol. The lowest BCUT2D eigenvalue weighted by Gasteiger charge is -2.12. The molecule has 0 saturated heterocycles. The predicted molar refractivity (Wildman–Crippen MR) is 85.7 cm³/mol. The van der Waals surface area contributed by atoms with Crippen LogP contribution in [0.25, 0.3) is 0 Å². The van der Waals surface area contributed by atoms with Crippen molar-refractivity contribution in [2.24, 2.45) is 0 Å². The fourth-order valence-electron chi connectivity index (χ4n) is 2.12. The lowest BCUT2D eigenvalue weighted by atomic mass is 10.1. The Bertz CT molecular complexity index is 605. The SMILES string of the molecule is CC(C)n1nccc1NC(=O)NCCc1ccc(CO)cc1. The van der Waals surface area contributed by atoms with Crippen molar-refractivity contribution in [1.82, 2.24) is 15.1 Å². The minimum Gasteiger partial charge on any atom is -0.392 e. The number of aliphatic hydroxyl groups excluding tert-OH is 1. The Morgan fingerprint density at radius 2 is 1.91 bits per heavy atom. The zero-order chi connectivity index (χ0) is 15.9. The maximum absolute atomic E-state index is 11.9. The van der Waals surface area contributed by atoms with Gasteiger partial charge in [0, 0.05) is 18.7 Å². The first-order chi connectivity index (χ1) is 10.6. The van der Waals surface area contributed by atoms with Gasteiger partial charge in [0.1, 0.15) is 5.82 Å². The van der Waals surface area contributed by atoms with Crippen molar-refractivity contribution in [3.63, 3.8) is 0 Å². The Morgan fingerprint density at radius 3 is 2.55 bits per heavy atom. The third-order valence-electron chi connectivity index (χ3n) is 3.31. The molecule has 0 bridgehead atoms. The summed E-state index contributed by atoms with van der Waals surface area (Å²) in [5, 5.41) is 18.8. The molecule has 0 fully saturated rings. The van der Waals surface area contributed by atoms with Gasteiger partial charge in [0.05, 0.1) is 12.8 Å². The van der Waals surface area contributed by atoms with E-state index in [9.17, 15) is 4.79 Å². The molecule has 6 nitrogen and oxygen atoms in total. The van der Waals surface area contributed by atoms with Crippen LogP contribution in [0, 0.1) is 0 Å². The number of urea groups is 1. The molecule has 1 aromatic carbocycles. The summed E-state index contributed by atoms with van der Waals surface area (Å²) in [6, 6.07) is 9.41. The molecule has 118 valence electrons. The molecule has 0 aliphatic heterocycles. The Morgan fingerprint density at radius 1 is 1.23 bits per heavy atom. The van der Waals surface area contributed by atoms with Crippen LogP contribution >= 0.6 is 0 Å². The highest BCUT2D eigenvalue weighted by Gasteiger charge is 2.08. The largest absolute Gasteiger partial charge is 0.392 e. The number of amides is 2. The maximum atomic E-state index is 11.9. The first kappa shape index (κ1) is 16.0. The normalized spacial score (nSPS) is 10.7. The summed E-state index contributed by atoms with van der Waals surface area (Å²) in [6.45, 7) is 4.60. The molecule has 2 aromatic rings. The number of anilines is 1. The molecule has 22 heavy (non-hydrogen) atoms. The van der Waals surface area contributed by atoms with E-state index < -0.39 is 0 Å². The van der Waals surface area contributed by atoms with E-state index in [0.717, 1.165) is 17.5 Å². The molecule has 3 N–H and O–H groups in total. The average molecular weight is 302 g/mol. The minimum atomic E-state index is -0.241. The van der Waals surface area contributed by atoms with E-state index in [1.807, 2.05) is 38.1 Å². The number of carbonyl (C=O) groups excluding carboxylic acids is 1. The van der Waals surface area contributed by atoms with Crippen LogP contribution in [0.3, 0.4) is 0 Å². The molecule has 0 radical (unpaired) electrons. The number of rotatable bonds is 6. The standard InChI is InChI=1S/C16H22N4O2/c1-12(2)20-15(8-10-18-20)19-16(22)17-9-7-13-3-5-14(11-21)6-4-13/h3-6,8,10,12,21H,7,9,11H2,1-2H3,(H2,17,19,22). The van der Waals surface area contributed by atoms with E-state index in [2.05, 4.69) is 15.7 Å². The van der Waals surface area contributed by atoms with Crippen LogP contribution in [0.4, 0.5) is 10.6 Å². The summed E-state index contributed by atoms with van der Waals surface area (Å²) >= 11 is 0. The first-order valence-corrected chi connectivity index (χ1v) is 7.37. The van der Waals surface area contributed by atoms with Gasteiger partial charge in [0.2, 0.25) is 0 Å². The Labute approximate surface area is 130 Å². The van der Waals surface area contributed by atoms with Gasteiger partial charge >= 0.3 is 6.03 Å². The van der Waals surface area contributed by atoms with Gasteiger partial charge < -0.3 is 10.4 Å². The zero-order valence-corrected chi connectivity index (χ0v) is 12.9. The second-order valence-corrected chi connectivity index (χ2v) is 5.36. The molecule has 0 aliphatic rings. The van der Waals surface area contributed by atoms with Crippen molar-refractivity contribution in [2.75, 3.05) is 11.9 Å². The Balaban J connectivity index is 1.79. The van der Waals surface area contributed by atoms with Gasteiger partial charge in [-0.05, 0) is 31.4 Å². The maximum Gasteiger partial charge on any atom is 0.320 e. The Hall–Kier alpha value is -2.34. The van der Waals surface area contributed by atoms with E-state index in [0.29, 0.717) is 12.4 Å². The van der Waals surface area contributed by atoms with E-state index in [-0.39, 0.29) is 18.7 Å². The molecular formula is C16H22N4O2. The topological polar surface area (TPSA) is 79.2 Å². The highest BCUT2D eigenvalue weighted by Crippen LogP contribution is 2.12. The van der Waals surface area contributed by atoms with Gasteiger partial charge in [-0.1, -0.05) is 24.3 Å². The predicted octanol–water partition coefficient (Wildman–Crippen LogP) is 2.32. The van der Waals surface area contributed by atoms with Crippen molar-refractivity contribution in [1.29, 1.82) is 0 Å². The molecule has 0 unspecified atom stereocenters. The average Bonchev–Trinajstić information content (AvgIpc) is 2.96. The number of aromatic nitrogens is 2. The molecule has 0 atom stereocenters. The fraction of sp³-hybridized carbons (Fsp3) is 0.375. The smallest absolute Gasteiger partial charge is 0.320 e. The number of benzene rings is 1. The molecule has 6 heteroatoms. The summed E-state index contributed by atoms with van der Waals surface area (Å²) < 4.78 is 1.76. The highest BCUT2D eigenvalue weighted by atomic mass is 16.3. The van der Waals surface area contributed by atoms with Gasteiger partial charge in [0.15, 0.2) is 0 Å². The van der Waals surface area contributed by atoms with Crippen molar-refractivity contribution in [3.8, 4) is 0 Å². The molecule has 1 aromatic heterocycles. The number of carbonyl (C=O) groups is 1. The second-order valence-electron chi connectivity index (χ2n) is 5.36. The summed E-state index contributed by atoms with van der Waals surface area (Å²) in [7, 11) is 0. The number of hydrogen-bond donors (Lipinski definition) is 3. The van der Waals surface area contributed by atoms with Gasteiger partial charge in [-0.15, -0.1) is 0 Å². The van der Waals surface area contributed by atoms with E-state index in [1.54, 1.807) is 16.9 Å². The lowest BCUT2D eigenvalue weighted by Crippen LogP contribution is -2.31. The van der Waals surface area contributed by atoms with Crippen molar-refractivity contribution in [3.05, 3.63) is 47.7 Å². The van der Waals surface area contributed by atoms with Crippen molar-refractivity contribution in [2.45, 2.75) is 32.9 Å². The van der Waals surface area contributed by atoms with Crippen LogP contribution in [0.1, 0.15) is 31.0 Å². The molecule has 1 heterocycles. The summed E-state index contributed by atoms with van der Waals surface area (Å²) in [6.07, 6.45) is 2.40. The minimum absolute atomic E-state index is 0.0461. The first-order valence-electron chi connectivity index (χ1n) is 7.37. The Kier molecular flexibility index (Phi) is 5.55. The number of nitrogens with one attached hydrogen (secondary N) is 2. The number of aliphatic hydroxyl groups is 1. The molecule has 2 rings (SSSR count). The number of hydrogen-bond acceptors (Lipinski definition) is 3. The molecule has 2 amide bonds. The lowest BCUT2D eigenvalue weighted by molar-refractivity contribution is 0.252. The van der Waals surface area contributed by atoms with E-state index in [4.69, 9.17) is 5.11 Å². The van der Waals surface area contributed by atoms with Gasteiger partial charge in [0.25, 0.3) is 0 Å². The van der Waals surface area contributed by atoms with Crippen molar-refractivity contribution >= 4 is 11.8 Å². The molecular weight excluding hydrogens is 280 g/mol. The van der Waals surface area contributed by atoms with Crippen LogP contribution < -0.4 is 10.6 Å². The van der Waals surface area contributed by atoms with E-state index in [1.165, 1.54) is 0 Å². The van der Waals surface area contributed by atoms with Crippen LogP contribution in [0.15, 0.2) is 36.5 Å². The van der Waals surface area contributed by atoms with Crippen LogP contribution in [0.2, 0.25) is 0 Å². The second kappa shape index (κ2) is 7.61. The van der Waals surface area contributed by atoms with Gasteiger partial charge in [-0.25, -0.2) is 9.48 Å². The third kappa shape index (κ3) is 4.33. The zero-order valence-electron chi connectivity index (χ0n) is 12.9.